The van der Waals surface area contributed by atoms with E-state index >= 15 is 0 Å². The van der Waals surface area contributed by atoms with Crippen molar-refractivity contribution in [3.63, 3.8) is 0 Å². The Kier molecular flexibility index (Phi) is 4.68. The Hall–Kier alpha value is -0.470. The van der Waals surface area contributed by atoms with Crippen LogP contribution >= 0.6 is 11.8 Å². The maximum Gasteiger partial charge on any atom is 0.0589 e. The maximum atomic E-state index is 5.28. The van der Waals surface area contributed by atoms with Crippen LogP contribution in [0.4, 0.5) is 0 Å². The van der Waals surface area contributed by atoms with Crippen molar-refractivity contribution in [2.75, 3.05) is 13.7 Å². The Morgan fingerprint density at radius 3 is 2.27 bits per heavy atom. The predicted molar refractivity (Wildman–Crippen MR) is 67.4 cm³/mol. The molecule has 1 nitrogen and oxygen atoms in total. The minimum Gasteiger partial charge on any atom is -0.384 e. The quantitative estimate of drug-likeness (QED) is 0.719. The van der Waals surface area contributed by atoms with E-state index in [1.54, 1.807) is 7.11 Å². The van der Waals surface area contributed by atoms with Gasteiger partial charge in [0.2, 0.25) is 0 Å². The van der Waals surface area contributed by atoms with Gasteiger partial charge in [0.05, 0.1) is 6.61 Å². The van der Waals surface area contributed by atoms with E-state index in [9.17, 15) is 0 Å². The highest BCUT2D eigenvalue weighted by Crippen LogP contribution is 2.35. The van der Waals surface area contributed by atoms with E-state index in [1.807, 2.05) is 17.8 Å². The van der Waals surface area contributed by atoms with Crippen LogP contribution in [-0.4, -0.2) is 19.0 Å². The zero-order valence-electron chi connectivity index (χ0n) is 9.99. The molecule has 0 radical (unpaired) electrons. The van der Waals surface area contributed by atoms with Crippen LogP contribution in [-0.2, 0) is 4.74 Å². The summed E-state index contributed by atoms with van der Waals surface area (Å²) in [6.07, 6.45) is 0. The van der Waals surface area contributed by atoms with Crippen LogP contribution in [0.2, 0.25) is 0 Å². The van der Waals surface area contributed by atoms with Gasteiger partial charge in [0.25, 0.3) is 0 Å². The first-order valence-corrected chi connectivity index (χ1v) is 6.12. The molecular weight excluding hydrogens is 204 g/mol. The Morgan fingerprint density at radius 1 is 1.20 bits per heavy atom. The molecule has 0 spiro atoms. The van der Waals surface area contributed by atoms with Gasteiger partial charge < -0.3 is 4.74 Å². The van der Waals surface area contributed by atoms with Gasteiger partial charge in [-0.15, -0.1) is 11.8 Å². The summed E-state index contributed by atoms with van der Waals surface area (Å²) in [7, 11) is 1.77. The molecule has 1 atom stereocenters. The Balaban J connectivity index is 2.67. The molecule has 0 aromatic heterocycles. The second-order valence-corrected chi connectivity index (χ2v) is 6.02. The van der Waals surface area contributed by atoms with Crippen molar-refractivity contribution in [3.05, 3.63) is 30.3 Å². The molecule has 1 aromatic carbocycles. The fourth-order valence-corrected chi connectivity index (χ4v) is 2.48. The van der Waals surface area contributed by atoms with Crippen molar-refractivity contribution in [1.29, 1.82) is 0 Å². The number of thioether (sulfide) groups is 1. The number of ether oxygens (including phenoxy) is 1. The number of rotatable bonds is 4. The van der Waals surface area contributed by atoms with Crippen molar-refractivity contribution in [3.8, 4) is 0 Å². The lowest BCUT2D eigenvalue weighted by Crippen LogP contribution is -2.27. The maximum absolute atomic E-state index is 5.28. The molecule has 2 heteroatoms. The smallest absolute Gasteiger partial charge is 0.0589 e. The first-order valence-electron chi connectivity index (χ1n) is 5.24. The molecule has 0 amide bonds. The summed E-state index contributed by atoms with van der Waals surface area (Å²) in [5, 5.41) is 0.491. The first-order chi connectivity index (χ1) is 7.04. The molecule has 0 saturated carbocycles. The molecule has 0 aliphatic carbocycles. The summed E-state index contributed by atoms with van der Waals surface area (Å²) in [6, 6.07) is 10.5. The normalized spacial score (nSPS) is 13.9. The van der Waals surface area contributed by atoms with Gasteiger partial charge in [-0.3, -0.25) is 0 Å². The molecule has 84 valence electrons. The highest BCUT2D eigenvalue weighted by molar-refractivity contribution is 8.00. The van der Waals surface area contributed by atoms with Crippen LogP contribution in [0.25, 0.3) is 0 Å². The Morgan fingerprint density at radius 2 is 1.80 bits per heavy atom. The highest BCUT2D eigenvalue weighted by Gasteiger charge is 2.25. The van der Waals surface area contributed by atoms with Gasteiger partial charge in [0.1, 0.15) is 0 Å². The SMILES string of the molecule is COCC(Sc1ccccc1)C(C)(C)C. The van der Waals surface area contributed by atoms with Gasteiger partial charge in [-0.2, -0.15) is 0 Å². The van der Waals surface area contributed by atoms with E-state index in [0.29, 0.717) is 5.25 Å². The summed E-state index contributed by atoms with van der Waals surface area (Å²) in [5.41, 5.74) is 0.260. The monoisotopic (exact) mass is 224 g/mol. The largest absolute Gasteiger partial charge is 0.384 e. The van der Waals surface area contributed by atoms with Gasteiger partial charge in [0.15, 0.2) is 0 Å². The third-order valence-electron chi connectivity index (χ3n) is 2.31. The molecule has 0 aliphatic heterocycles. The topological polar surface area (TPSA) is 9.23 Å². The zero-order valence-corrected chi connectivity index (χ0v) is 10.8. The molecule has 15 heavy (non-hydrogen) atoms. The molecule has 0 heterocycles. The van der Waals surface area contributed by atoms with E-state index in [4.69, 9.17) is 4.74 Å². The van der Waals surface area contributed by atoms with E-state index in [2.05, 4.69) is 45.0 Å². The third-order valence-corrected chi connectivity index (χ3v) is 3.98. The number of methoxy groups -OCH3 is 1. The fourth-order valence-electron chi connectivity index (χ4n) is 1.28. The van der Waals surface area contributed by atoms with Gasteiger partial charge in [-0.25, -0.2) is 0 Å². The van der Waals surface area contributed by atoms with Gasteiger partial charge in [-0.05, 0) is 17.5 Å². The van der Waals surface area contributed by atoms with Crippen LogP contribution < -0.4 is 0 Å². The summed E-state index contributed by atoms with van der Waals surface area (Å²) < 4.78 is 5.28. The number of benzene rings is 1. The Labute approximate surface area is 97.2 Å². The van der Waals surface area contributed by atoms with E-state index in [1.165, 1.54) is 4.90 Å². The molecule has 0 bridgehead atoms. The summed E-state index contributed by atoms with van der Waals surface area (Å²) in [6.45, 7) is 7.56. The van der Waals surface area contributed by atoms with E-state index < -0.39 is 0 Å². The van der Waals surface area contributed by atoms with Crippen LogP contribution in [0.3, 0.4) is 0 Å². The lowest BCUT2D eigenvalue weighted by molar-refractivity contribution is 0.166. The number of hydrogen-bond donors (Lipinski definition) is 0. The molecule has 1 aromatic rings. The average molecular weight is 224 g/mol. The second-order valence-electron chi connectivity index (χ2n) is 4.74. The first kappa shape index (κ1) is 12.6. The summed E-state index contributed by atoms with van der Waals surface area (Å²) in [5.74, 6) is 0. The molecule has 0 fully saturated rings. The second kappa shape index (κ2) is 5.57. The molecule has 1 unspecified atom stereocenters. The minimum absolute atomic E-state index is 0.260. The fraction of sp³-hybridized carbons (Fsp3) is 0.538. The van der Waals surface area contributed by atoms with Crippen molar-refractivity contribution >= 4 is 11.8 Å². The summed E-state index contributed by atoms with van der Waals surface area (Å²) >= 11 is 1.90. The third kappa shape index (κ3) is 4.27. The Bertz CT molecular complexity index is 276. The highest BCUT2D eigenvalue weighted by atomic mass is 32.2. The summed E-state index contributed by atoms with van der Waals surface area (Å²) in [4.78, 5) is 1.31. The molecule has 1 rings (SSSR count). The van der Waals surface area contributed by atoms with Crippen LogP contribution in [0.5, 0.6) is 0 Å². The zero-order chi connectivity index (χ0) is 11.3. The van der Waals surface area contributed by atoms with Crippen LogP contribution in [0.15, 0.2) is 35.2 Å². The van der Waals surface area contributed by atoms with Crippen molar-refractivity contribution in [2.45, 2.75) is 30.9 Å². The molecular formula is C13H20OS. The lowest BCUT2D eigenvalue weighted by Gasteiger charge is -2.29. The van der Waals surface area contributed by atoms with Crippen molar-refractivity contribution in [2.24, 2.45) is 5.41 Å². The van der Waals surface area contributed by atoms with Crippen molar-refractivity contribution in [1.82, 2.24) is 0 Å². The van der Waals surface area contributed by atoms with Gasteiger partial charge >= 0.3 is 0 Å². The van der Waals surface area contributed by atoms with Crippen LogP contribution in [0.1, 0.15) is 20.8 Å². The minimum atomic E-state index is 0.260. The molecule has 0 saturated heterocycles. The van der Waals surface area contributed by atoms with Gasteiger partial charge in [0, 0.05) is 17.3 Å². The number of hydrogen-bond acceptors (Lipinski definition) is 2. The van der Waals surface area contributed by atoms with E-state index in [-0.39, 0.29) is 5.41 Å². The lowest BCUT2D eigenvalue weighted by atomic mass is 9.92. The average Bonchev–Trinajstić information content (AvgIpc) is 2.17. The van der Waals surface area contributed by atoms with Crippen LogP contribution in [0, 0.1) is 5.41 Å². The molecule has 0 aliphatic rings. The van der Waals surface area contributed by atoms with E-state index in [0.717, 1.165) is 6.61 Å². The van der Waals surface area contributed by atoms with Crippen molar-refractivity contribution < 1.29 is 4.74 Å². The standard InChI is InChI=1S/C13H20OS/c1-13(2,3)12(10-14-4)15-11-8-6-5-7-9-11/h5-9,12H,10H2,1-4H3. The van der Waals surface area contributed by atoms with Gasteiger partial charge in [-0.1, -0.05) is 39.0 Å². The molecule has 0 N–H and O–H groups in total. The predicted octanol–water partition coefficient (Wildman–Crippen LogP) is 3.84.